The van der Waals surface area contributed by atoms with Gasteiger partial charge < -0.3 is 24.8 Å². The zero-order valence-corrected chi connectivity index (χ0v) is 46.4. The van der Waals surface area contributed by atoms with Crippen molar-refractivity contribution in [2.24, 2.45) is 0 Å². The molecule has 0 saturated heterocycles. The summed E-state index contributed by atoms with van der Waals surface area (Å²) in [6, 6.07) is 46.8. The van der Waals surface area contributed by atoms with E-state index in [1.165, 1.54) is 48.5 Å². The third-order valence-electron chi connectivity index (χ3n) is 11.9. The van der Waals surface area contributed by atoms with Crippen molar-refractivity contribution in [2.75, 3.05) is 0 Å². The van der Waals surface area contributed by atoms with E-state index in [2.05, 4.69) is 0 Å². The summed E-state index contributed by atoms with van der Waals surface area (Å²) in [6.45, 7) is 0. The maximum Gasteiger partial charge on any atom is 2.00 e. The molecule has 0 aliphatic carbocycles. The van der Waals surface area contributed by atoms with Gasteiger partial charge in [0.25, 0.3) is 0 Å². The number of aryl methyl sites for hydroxylation is 2. The van der Waals surface area contributed by atoms with Crippen molar-refractivity contribution in [1.29, 1.82) is 0 Å². The van der Waals surface area contributed by atoms with Crippen molar-refractivity contribution >= 4 is 47.7 Å². The van der Waals surface area contributed by atoms with Crippen LogP contribution in [-0.4, -0.2) is 71.6 Å². The van der Waals surface area contributed by atoms with E-state index >= 15 is 0 Å². The smallest absolute Gasteiger partial charge is 1.00 e. The average Bonchev–Trinajstić information content (AvgIpc) is 3.38. The van der Waals surface area contributed by atoms with Gasteiger partial charge in [-0.3, -0.25) is 0 Å². The Morgan fingerprint density at radius 2 is 0.410 bits per heavy atom. The third-order valence-corrected chi connectivity index (χ3v) is 16.8. The Bertz CT molecular complexity index is 2650. The van der Waals surface area contributed by atoms with Crippen molar-refractivity contribution in [3.8, 4) is 0 Å². The minimum absolute atomic E-state index is 0. The molecule has 460 valence electrons. The normalized spacial score (nSPS) is 13.5. The van der Waals surface area contributed by atoms with E-state index in [4.69, 9.17) is 0 Å². The molecule has 6 aromatic rings. The number of hydrogen-bond donors (Lipinski definition) is 0. The molecular formula is C52H36Cl2F26P2Pt. The minimum atomic E-state index is -7.89. The first kappa shape index (κ1) is 74.7. The van der Waals surface area contributed by atoms with Gasteiger partial charge in [0.15, 0.2) is 0 Å². The molecule has 0 atom stereocenters. The summed E-state index contributed by atoms with van der Waals surface area (Å²) < 4.78 is 346. The van der Waals surface area contributed by atoms with E-state index in [0.717, 1.165) is 21.2 Å². The first-order valence-corrected chi connectivity index (χ1v) is 25.1. The number of rotatable bonds is 20. The van der Waals surface area contributed by atoms with E-state index in [0.29, 0.717) is 10.6 Å². The summed E-state index contributed by atoms with van der Waals surface area (Å²) >= 11 is 0. The van der Waals surface area contributed by atoms with E-state index in [1.54, 1.807) is 72.8 Å². The number of alkyl halides is 26. The zero-order valence-electron chi connectivity index (χ0n) is 40.8. The minimum Gasteiger partial charge on any atom is -1.00 e. The molecule has 0 nitrogen and oxygen atoms in total. The maximum absolute atomic E-state index is 14.2. The summed E-state index contributed by atoms with van der Waals surface area (Å²) in [5, 5.41) is 4.91. The van der Waals surface area contributed by atoms with Gasteiger partial charge in [-0.25, -0.2) is 0 Å². The maximum atomic E-state index is 14.2. The summed E-state index contributed by atoms with van der Waals surface area (Å²) in [5.41, 5.74) is -0.267. The fourth-order valence-electron chi connectivity index (χ4n) is 7.35. The molecule has 83 heavy (non-hydrogen) atoms. The van der Waals surface area contributed by atoms with Gasteiger partial charge >= 0.3 is 92.6 Å². The predicted molar refractivity (Wildman–Crippen MR) is 249 cm³/mol. The second-order valence-electron chi connectivity index (χ2n) is 17.3. The summed E-state index contributed by atoms with van der Waals surface area (Å²) in [4.78, 5) is 0. The number of hydrogen-bond acceptors (Lipinski definition) is 0. The first-order valence-electron chi connectivity index (χ1n) is 22.5. The zero-order chi connectivity index (χ0) is 60.4. The molecule has 0 bridgehead atoms. The van der Waals surface area contributed by atoms with Gasteiger partial charge in [-0.05, 0) is 71.6 Å². The molecule has 0 radical (unpaired) electrons. The number of benzene rings is 6. The Morgan fingerprint density at radius 3 is 0.602 bits per heavy atom. The molecule has 0 N–H and O–H groups in total. The molecule has 31 heteroatoms. The molecule has 0 saturated carbocycles. The molecule has 0 spiro atoms. The van der Waals surface area contributed by atoms with Crippen LogP contribution in [0.2, 0.25) is 0 Å². The van der Waals surface area contributed by atoms with Crippen molar-refractivity contribution in [1.82, 2.24) is 0 Å². The third kappa shape index (κ3) is 14.7. The van der Waals surface area contributed by atoms with E-state index in [9.17, 15) is 114 Å². The molecule has 0 aromatic heterocycles. The van der Waals surface area contributed by atoms with Gasteiger partial charge in [0.05, 0.1) is 0 Å². The molecule has 0 unspecified atom stereocenters. The Balaban J connectivity index is 0.000000547. The van der Waals surface area contributed by atoms with E-state index < -0.39 is 113 Å². The molecule has 0 fully saturated rings. The van der Waals surface area contributed by atoms with Crippen molar-refractivity contribution in [2.45, 2.75) is 97.3 Å². The van der Waals surface area contributed by atoms with Crippen LogP contribution in [0.25, 0.3) is 0 Å². The first-order chi connectivity index (χ1) is 36.6. The van der Waals surface area contributed by atoms with Gasteiger partial charge in [-0.15, -0.1) is 0 Å². The van der Waals surface area contributed by atoms with Crippen molar-refractivity contribution in [3.05, 3.63) is 181 Å². The van der Waals surface area contributed by atoms with Gasteiger partial charge in [0, 0.05) is 12.8 Å². The Hall–Kier alpha value is -4.37. The standard InChI is InChI=1S/2C26H18F13P.2ClH.Pt/c2*27-21(28,22(29,30)23(31,32)24(33,34)25(35,36)26(37,38)39)16-15-17-11-13-20(14-12-17)40(18-7-3-1-4-8-18)19-9-5-2-6-10-19;;;/h2*1-14H,15-16H2;2*1H;/q;;;;+2/p-2. The molecule has 0 aliphatic rings. The van der Waals surface area contributed by atoms with Gasteiger partial charge in [-0.2, -0.15) is 114 Å². The van der Waals surface area contributed by atoms with Crippen molar-refractivity contribution < 1.29 is 160 Å². The van der Waals surface area contributed by atoms with E-state index in [-0.39, 0.29) is 57.0 Å². The van der Waals surface area contributed by atoms with Crippen LogP contribution >= 0.6 is 15.8 Å². The fraction of sp³-hybridized carbons (Fsp3) is 0.308. The monoisotopic (exact) mass is 1480 g/mol. The Labute approximate surface area is 484 Å². The summed E-state index contributed by atoms with van der Waals surface area (Å²) in [5.74, 6) is -73.5. The molecule has 0 aliphatic heterocycles. The largest absolute Gasteiger partial charge is 2.00 e. The van der Waals surface area contributed by atoms with Crippen LogP contribution in [0.1, 0.15) is 24.0 Å². The molecular weight excluding hydrogens is 1450 g/mol. The number of halogens is 28. The van der Waals surface area contributed by atoms with Crippen LogP contribution in [0.4, 0.5) is 114 Å². The second-order valence-corrected chi connectivity index (χ2v) is 21.8. The van der Waals surface area contributed by atoms with Gasteiger partial charge in [0.2, 0.25) is 0 Å². The van der Waals surface area contributed by atoms with Crippen LogP contribution in [0.3, 0.4) is 0 Å². The summed E-state index contributed by atoms with van der Waals surface area (Å²) in [7, 11) is -2.34. The van der Waals surface area contributed by atoms with Gasteiger partial charge in [0.1, 0.15) is 0 Å². The second kappa shape index (κ2) is 27.1. The average molecular weight is 1480 g/mol. The predicted octanol–water partition coefficient (Wildman–Crippen LogP) is 10.2. The van der Waals surface area contributed by atoms with Crippen LogP contribution < -0.4 is 56.6 Å². The van der Waals surface area contributed by atoms with E-state index in [1.807, 2.05) is 48.5 Å². The SMILES string of the molecule is FC(F)(F)C(F)(F)C(F)(F)C(F)(F)C(F)(F)C(F)(F)CCc1ccc(P(c2ccccc2)c2ccccc2)cc1.FC(F)(F)C(F)(F)C(F)(F)C(F)(F)C(F)(F)C(F)(F)CCc1ccc(P(c2ccccc2)c2ccccc2)cc1.[Cl-].[Cl-].[Pt+2]. The van der Waals surface area contributed by atoms with Crippen LogP contribution in [0, 0.1) is 0 Å². The quantitative estimate of drug-likeness (QED) is 0.0528. The Kier molecular flexibility index (Phi) is 24.4. The molecule has 6 aromatic carbocycles. The topological polar surface area (TPSA) is 0 Å². The fourth-order valence-corrected chi connectivity index (χ4v) is 11.9. The molecule has 0 heterocycles. The van der Waals surface area contributed by atoms with Gasteiger partial charge in [-0.1, -0.05) is 170 Å². The van der Waals surface area contributed by atoms with Crippen LogP contribution in [0.15, 0.2) is 170 Å². The van der Waals surface area contributed by atoms with Crippen LogP contribution in [-0.2, 0) is 33.9 Å². The van der Waals surface area contributed by atoms with Crippen molar-refractivity contribution in [3.63, 3.8) is 0 Å². The molecule has 6 rings (SSSR count). The summed E-state index contributed by atoms with van der Waals surface area (Å²) in [6.07, 6.45) is -21.6. The molecule has 0 amide bonds. The van der Waals surface area contributed by atoms with Crippen LogP contribution in [0.5, 0.6) is 0 Å². The Morgan fingerprint density at radius 1 is 0.229 bits per heavy atom.